The molecule has 0 bridgehead atoms. The predicted molar refractivity (Wildman–Crippen MR) is 53.7 cm³/mol. The van der Waals surface area contributed by atoms with Crippen molar-refractivity contribution in [2.24, 2.45) is 5.73 Å². The molecule has 2 aromatic rings. The zero-order chi connectivity index (χ0) is 9.80. The first-order valence-corrected chi connectivity index (χ1v) is 4.59. The lowest BCUT2D eigenvalue weighted by Gasteiger charge is -2.00. The van der Waals surface area contributed by atoms with Gasteiger partial charge in [0.05, 0.1) is 17.9 Å². The van der Waals surface area contributed by atoms with Crippen LogP contribution in [0, 0.1) is 0 Å². The Morgan fingerprint density at radius 2 is 2.36 bits per heavy atom. The van der Waals surface area contributed by atoms with Crippen LogP contribution in [0.15, 0.2) is 24.8 Å². The number of nitrogens with two attached hydrogens (primary N) is 1. The van der Waals surface area contributed by atoms with Crippen LogP contribution in [-0.2, 0) is 6.54 Å². The Morgan fingerprint density at radius 3 is 3.21 bits per heavy atom. The monoisotopic (exact) mass is 191 g/mol. The van der Waals surface area contributed by atoms with E-state index in [1.165, 1.54) is 0 Å². The van der Waals surface area contributed by atoms with E-state index in [9.17, 15) is 0 Å². The minimum absolute atomic E-state index is 0.650. The summed E-state index contributed by atoms with van der Waals surface area (Å²) in [6, 6.07) is 0. The van der Waals surface area contributed by atoms with Crippen molar-refractivity contribution < 1.29 is 0 Å². The molecule has 0 saturated heterocycles. The van der Waals surface area contributed by atoms with Crippen LogP contribution in [0.25, 0.3) is 5.52 Å². The van der Waals surface area contributed by atoms with Gasteiger partial charge < -0.3 is 11.1 Å². The molecule has 5 heteroatoms. The van der Waals surface area contributed by atoms with Gasteiger partial charge in [-0.05, 0) is 0 Å². The van der Waals surface area contributed by atoms with E-state index in [1.54, 1.807) is 6.20 Å². The Labute approximate surface area is 81.9 Å². The lowest BCUT2D eigenvalue weighted by molar-refractivity contribution is 0.697. The van der Waals surface area contributed by atoms with Gasteiger partial charge in [0.15, 0.2) is 0 Å². The molecule has 0 fully saturated rings. The molecular weight excluding hydrogens is 178 g/mol. The first-order valence-electron chi connectivity index (χ1n) is 4.59. The molecule has 3 N–H and O–H groups in total. The second-order valence-corrected chi connectivity index (χ2v) is 3.04. The smallest absolute Gasteiger partial charge is 0.0889 e. The third-order valence-corrected chi connectivity index (χ3v) is 2.04. The summed E-state index contributed by atoms with van der Waals surface area (Å²) in [5.41, 5.74) is 7.57. The number of hydrogen-bond acceptors (Lipinski definition) is 4. The largest absolute Gasteiger partial charge is 0.329 e. The molecule has 5 nitrogen and oxygen atoms in total. The molecule has 0 atom stereocenters. The number of fused-ring (bicyclic) bond motifs is 1. The van der Waals surface area contributed by atoms with Gasteiger partial charge in [-0.3, -0.25) is 4.98 Å². The zero-order valence-electron chi connectivity index (χ0n) is 7.85. The van der Waals surface area contributed by atoms with Crippen LogP contribution < -0.4 is 11.1 Å². The normalized spacial score (nSPS) is 10.9. The molecule has 0 aliphatic carbocycles. The zero-order valence-corrected chi connectivity index (χ0v) is 7.85. The summed E-state index contributed by atoms with van der Waals surface area (Å²) in [5, 5.41) is 7.43. The molecule has 14 heavy (non-hydrogen) atoms. The second-order valence-electron chi connectivity index (χ2n) is 3.04. The van der Waals surface area contributed by atoms with Crippen LogP contribution in [0.4, 0.5) is 0 Å². The molecule has 0 unspecified atom stereocenters. The topological polar surface area (TPSA) is 68.2 Å². The fourth-order valence-corrected chi connectivity index (χ4v) is 1.34. The van der Waals surface area contributed by atoms with E-state index in [2.05, 4.69) is 15.4 Å². The van der Waals surface area contributed by atoms with Crippen molar-refractivity contribution >= 4 is 5.52 Å². The average molecular weight is 191 g/mol. The van der Waals surface area contributed by atoms with Crippen molar-refractivity contribution in [3.63, 3.8) is 0 Å². The van der Waals surface area contributed by atoms with Gasteiger partial charge in [-0.25, -0.2) is 4.52 Å². The van der Waals surface area contributed by atoms with Crippen LogP contribution in [0.1, 0.15) is 5.56 Å². The van der Waals surface area contributed by atoms with Gasteiger partial charge in [0.1, 0.15) is 0 Å². The van der Waals surface area contributed by atoms with Crippen molar-refractivity contribution in [2.75, 3.05) is 13.1 Å². The van der Waals surface area contributed by atoms with Gasteiger partial charge in [-0.15, -0.1) is 0 Å². The van der Waals surface area contributed by atoms with E-state index in [-0.39, 0.29) is 0 Å². The fraction of sp³-hybridized carbons (Fsp3) is 0.333. The summed E-state index contributed by atoms with van der Waals surface area (Å²) in [6.45, 7) is 2.25. The molecule has 2 aromatic heterocycles. The highest BCUT2D eigenvalue weighted by Crippen LogP contribution is 2.07. The fourth-order valence-electron chi connectivity index (χ4n) is 1.34. The van der Waals surface area contributed by atoms with Crippen molar-refractivity contribution in [2.45, 2.75) is 6.54 Å². The molecule has 0 aliphatic rings. The van der Waals surface area contributed by atoms with Gasteiger partial charge in [0.2, 0.25) is 0 Å². The predicted octanol–water partition coefficient (Wildman–Crippen LogP) is -0.222. The number of nitrogens with one attached hydrogen (secondary N) is 1. The average Bonchev–Trinajstić information content (AvgIpc) is 2.63. The number of hydrogen-bond donors (Lipinski definition) is 2. The van der Waals surface area contributed by atoms with Crippen molar-refractivity contribution in [1.29, 1.82) is 0 Å². The minimum Gasteiger partial charge on any atom is -0.329 e. The maximum atomic E-state index is 5.38. The maximum absolute atomic E-state index is 5.38. The second kappa shape index (κ2) is 4.17. The highest BCUT2D eigenvalue weighted by atomic mass is 15.2. The summed E-state index contributed by atoms with van der Waals surface area (Å²) in [7, 11) is 0. The molecule has 0 aromatic carbocycles. The van der Waals surface area contributed by atoms with E-state index >= 15 is 0 Å². The van der Waals surface area contributed by atoms with Gasteiger partial charge in [0, 0.05) is 37.6 Å². The third-order valence-electron chi connectivity index (χ3n) is 2.04. The van der Waals surface area contributed by atoms with Crippen LogP contribution >= 0.6 is 0 Å². The van der Waals surface area contributed by atoms with Gasteiger partial charge >= 0.3 is 0 Å². The molecule has 74 valence electrons. The first-order chi connectivity index (χ1) is 6.92. The Hall–Kier alpha value is -1.46. The van der Waals surface area contributed by atoms with Crippen LogP contribution in [0.5, 0.6) is 0 Å². The summed E-state index contributed by atoms with van der Waals surface area (Å²) in [4.78, 5) is 4.06. The van der Waals surface area contributed by atoms with E-state index in [4.69, 9.17) is 5.73 Å². The maximum Gasteiger partial charge on any atom is 0.0889 e. The SMILES string of the molecule is NCCNCc1cnn2ccncc12. The van der Waals surface area contributed by atoms with E-state index in [0.717, 1.165) is 24.2 Å². The molecule has 0 saturated carbocycles. The highest BCUT2D eigenvalue weighted by Gasteiger charge is 2.01. The number of nitrogens with zero attached hydrogens (tertiary/aromatic N) is 3. The Morgan fingerprint density at radius 1 is 1.43 bits per heavy atom. The van der Waals surface area contributed by atoms with Gasteiger partial charge in [-0.2, -0.15) is 5.10 Å². The quantitative estimate of drug-likeness (QED) is 0.655. The molecule has 0 radical (unpaired) electrons. The molecule has 2 heterocycles. The van der Waals surface area contributed by atoms with Crippen LogP contribution in [0.2, 0.25) is 0 Å². The van der Waals surface area contributed by atoms with Crippen molar-refractivity contribution in [1.82, 2.24) is 19.9 Å². The Kier molecular flexibility index (Phi) is 2.71. The lowest BCUT2D eigenvalue weighted by atomic mass is 10.3. The molecule has 0 amide bonds. The van der Waals surface area contributed by atoms with Gasteiger partial charge in [-0.1, -0.05) is 0 Å². The highest BCUT2D eigenvalue weighted by molar-refractivity contribution is 5.51. The van der Waals surface area contributed by atoms with E-state index in [0.29, 0.717) is 6.54 Å². The van der Waals surface area contributed by atoms with E-state index in [1.807, 2.05) is 23.1 Å². The lowest BCUT2D eigenvalue weighted by Crippen LogP contribution is -2.21. The summed E-state index contributed by atoms with van der Waals surface area (Å²) in [6.07, 6.45) is 7.21. The first kappa shape index (κ1) is 9.11. The van der Waals surface area contributed by atoms with Crippen molar-refractivity contribution in [3.8, 4) is 0 Å². The Bertz CT molecular complexity index is 408. The van der Waals surface area contributed by atoms with Gasteiger partial charge in [0.25, 0.3) is 0 Å². The van der Waals surface area contributed by atoms with Crippen molar-refractivity contribution in [3.05, 3.63) is 30.4 Å². The Balaban J connectivity index is 2.17. The number of rotatable bonds is 4. The third kappa shape index (κ3) is 1.73. The van der Waals surface area contributed by atoms with Crippen LogP contribution in [-0.4, -0.2) is 27.7 Å². The molecule has 2 rings (SSSR count). The minimum atomic E-state index is 0.650. The van der Waals surface area contributed by atoms with E-state index < -0.39 is 0 Å². The summed E-state index contributed by atoms with van der Waals surface area (Å²) in [5.74, 6) is 0. The molecule has 0 spiro atoms. The standard InChI is InChI=1S/C9H13N5/c10-1-2-11-5-8-6-13-14-4-3-12-7-9(8)14/h3-4,6-7,11H,1-2,5,10H2. The summed E-state index contributed by atoms with van der Waals surface area (Å²) >= 11 is 0. The molecular formula is C9H13N5. The number of aromatic nitrogens is 3. The molecule has 0 aliphatic heterocycles. The summed E-state index contributed by atoms with van der Waals surface area (Å²) < 4.78 is 1.81. The van der Waals surface area contributed by atoms with Crippen LogP contribution in [0.3, 0.4) is 0 Å².